The van der Waals surface area contributed by atoms with Crippen molar-refractivity contribution in [2.75, 3.05) is 33.0 Å². The molecule has 0 saturated carbocycles. The van der Waals surface area contributed by atoms with Crippen LogP contribution in [-0.4, -0.2) is 49.6 Å². The van der Waals surface area contributed by atoms with Gasteiger partial charge in [-0.25, -0.2) is 4.99 Å². The molecule has 0 fully saturated rings. The number of amides is 1. The highest BCUT2D eigenvalue weighted by molar-refractivity contribution is 6.20. The second-order valence-corrected chi connectivity index (χ2v) is 9.21. The first-order chi connectivity index (χ1) is 19.5. The van der Waals surface area contributed by atoms with E-state index >= 15 is 0 Å². The molecule has 0 bridgehead atoms. The van der Waals surface area contributed by atoms with Crippen molar-refractivity contribution in [3.8, 4) is 23.0 Å². The molecule has 0 N–H and O–H groups in total. The summed E-state index contributed by atoms with van der Waals surface area (Å²) in [6.07, 6.45) is 2.44. The van der Waals surface area contributed by atoms with E-state index in [1.54, 1.807) is 4.90 Å². The molecule has 0 unspecified atom stereocenters. The molecule has 3 aromatic carbocycles. The van der Waals surface area contributed by atoms with Gasteiger partial charge in [0, 0.05) is 12.1 Å². The highest BCUT2D eigenvalue weighted by atomic mass is 16.5. The molecule has 0 radical (unpaired) electrons. The van der Waals surface area contributed by atoms with Crippen LogP contribution in [0.15, 0.2) is 71.4 Å². The van der Waals surface area contributed by atoms with Crippen molar-refractivity contribution >= 4 is 17.8 Å². The first-order valence-corrected chi connectivity index (χ1v) is 13.9. The van der Waals surface area contributed by atoms with Gasteiger partial charge in [-0.3, -0.25) is 9.69 Å². The molecule has 0 aliphatic carbocycles. The van der Waals surface area contributed by atoms with Gasteiger partial charge >= 0.3 is 0 Å². The third-order valence-electron chi connectivity index (χ3n) is 6.43. The molecule has 0 saturated heterocycles. The van der Waals surface area contributed by atoms with Gasteiger partial charge in [0.15, 0.2) is 23.0 Å². The summed E-state index contributed by atoms with van der Waals surface area (Å²) in [6, 6.07) is 19.6. The van der Waals surface area contributed by atoms with Gasteiger partial charge < -0.3 is 18.9 Å². The summed E-state index contributed by atoms with van der Waals surface area (Å²) < 4.78 is 23.0. The number of aryl methyl sites for hydroxylation is 1. The minimum absolute atomic E-state index is 0.138. The summed E-state index contributed by atoms with van der Waals surface area (Å²) in [5, 5.41) is 0. The minimum atomic E-state index is -0.138. The number of rotatable bonds is 13. The van der Waals surface area contributed by atoms with E-state index in [0.29, 0.717) is 68.2 Å². The standard InChI is InChI=1S/C33H38N2O5/c1-6-37-28-16-14-24(21-30(28)39-8-3)18-19-35-32(26-13-11-10-12-23(26)5)34-27(33(35)36)20-25-15-17-29(38-7-2)31(22-25)40-9-4/h10-17,20-22H,6-9,18-19H2,1-5H3/b27-20+. The molecule has 1 aliphatic heterocycles. The fourth-order valence-corrected chi connectivity index (χ4v) is 4.59. The molecule has 210 valence electrons. The molecule has 4 rings (SSSR count). The Morgan fingerprint density at radius 3 is 2.00 bits per heavy atom. The van der Waals surface area contributed by atoms with E-state index in [1.165, 1.54) is 0 Å². The first kappa shape index (κ1) is 28.7. The van der Waals surface area contributed by atoms with Gasteiger partial charge in [-0.05, 0) is 88.1 Å². The number of hydrogen-bond donors (Lipinski definition) is 0. The van der Waals surface area contributed by atoms with Crippen molar-refractivity contribution in [1.29, 1.82) is 0 Å². The molecule has 1 aliphatic rings. The Morgan fingerprint density at radius 2 is 1.35 bits per heavy atom. The van der Waals surface area contributed by atoms with E-state index in [0.717, 1.165) is 28.0 Å². The van der Waals surface area contributed by atoms with Crippen LogP contribution in [0.5, 0.6) is 23.0 Å². The number of hydrogen-bond acceptors (Lipinski definition) is 6. The Morgan fingerprint density at radius 1 is 0.750 bits per heavy atom. The number of benzene rings is 3. The van der Waals surface area contributed by atoms with E-state index in [1.807, 2.05) is 101 Å². The van der Waals surface area contributed by atoms with Crippen LogP contribution in [0, 0.1) is 6.92 Å². The lowest BCUT2D eigenvalue weighted by Crippen LogP contribution is -2.35. The predicted octanol–water partition coefficient (Wildman–Crippen LogP) is 6.46. The molecular weight excluding hydrogens is 504 g/mol. The van der Waals surface area contributed by atoms with E-state index in [9.17, 15) is 4.79 Å². The molecule has 0 spiro atoms. The van der Waals surface area contributed by atoms with Crippen LogP contribution in [0.2, 0.25) is 0 Å². The number of carbonyl (C=O) groups excluding carboxylic acids is 1. The fraction of sp³-hybridized carbons (Fsp3) is 0.333. The molecule has 40 heavy (non-hydrogen) atoms. The van der Waals surface area contributed by atoms with Crippen LogP contribution in [0.3, 0.4) is 0 Å². The summed E-state index contributed by atoms with van der Waals surface area (Å²) in [5.74, 6) is 3.27. The first-order valence-electron chi connectivity index (χ1n) is 13.9. The fourth-order valence-electron chi connectivity index (χ4n) is 4.59. The molecule has 1 heterocycles. The lowest BCUT2D eigenvalue weighted by atomic mass is 10.1. The highest BCUT2D eigenvalue weighted by Gasteiger charge is 2.31. The normalized spacial score (nSPS) is 13.9. The molecular formula is C33H38N2O5. The quantitative estimate of drug-likeness (QED) is 0.232. The van der Waals surface area contributed by atoms with Gasteiger partial charge in [0.05, 0.1) is 26.4 Å². The van der Waals surface area contributed by atoms with Crippen LogP contribution in [-0.2, 0) is 11.2 Å². The monoisotopic (exact) mass is 542 g/mol. The van der Waals surface area contributed by atoms with Crippen molar-refractivity contribution in [1.82, 2.24) is 4.90 Å². The number of carbonyl (C=O) groups is 1. The molecule has 1 amide bonds. The zero-order chi connectivity index (χ0) is 28.5. The molecule has 0 aromatic heterocycles. The van der Waals surface area contributed by atoms with Gasteiger partial charge in [0.2, 0.25) is 0 Å². The molecule has 7 nitrogen and oxygen atoms in total. The van der Waals surface area contributed by atoms with Gasteiger partial charge in [-0.1, -0.05) is 36.4 Å². The maximum Gasteiger partial charge on any atom is 0.278 e. The number of nitrogens with zero attached hydrogens (tertiary/aromatic N) is 2. The Hall–Kier alpha value is -4.26. The predicted molar refractivity (Wildman–Crippen MR) is 159 cm³/mol. The topological polar surface area (TPSA) is 69.6 Å². The van der Waals surface area contributed by atoms with Crippen molar-refractivity contribution in [3.63, 3.8) is 0 Å². The van der Waals surface area contributed by atoms with Gasteiger partial charge in [-0.15, -0.1) is 0 Å². The van der Waals surface area contributed by atoms with E-state index < -0.39 is 0 Å². The number of ether oxygens (including phenoxy) is 4. The van der Waals surface area contributed by atoms with E-state index in [4.69, 9.17) is 23.9 Å². The van der Waals surface area contributed by atoms with Crippen LogP contribution < -0.4 is 18.9 Å². The van der Waals surface area contributed by atoms with Crippen LogP contribution in [0.25, 0.3) is 6.08 Å². The number of aliphatic imine (C=N–C) groups is 1. The summed E-state index contributed by atoms with van der Waals surface area (Å²) in [5.41, 5.74) is 4.24. The van der Waals surface area contributed by atoms with E-state index in [-0.39, 0.29) is 5.91 Å². The van der Waals surface area contributed by atoms with Crippen molar-refractivity contribution in [2.24, 2.45) is 4.99 Å². The smallest absolute Gasteiger partial charge is 0.278 e. The van der Waals surface area contributed by atoms with Crippen molar-refractivity contribution in [3.05, 3.63) is 88.6 Å². The SMILES string of the molecule is CCOc1ccc(/C=C2/N=C(c3ccccc3C)N(CCc3ccc(OCC)c(OCC)c3)C2=O)cc1OCC. The lowest BCUT2D eigenvalue weighted by Gasteiger charge is -2.20. The Labute approximate surface area is 237 Å². The summed E-state index contributed by atoms with van der Waals surface area (Å²) in [4.78, 5) is 20.4. The summed E-state index contributed by atoms with van der Waals surface area (Å²) in [6.45, 7) is 12.4. The Kier molecular flexibility index (Phi) is 9.84. The molecule has 3 aromatic rings. The van der Waals surface area contributed by atoms with Crippen LogP contribution in [0.1, 0.15) is 49.9 Å². The Balaban J connectivity index is 1.65. The third-order valence-corrected chi connectivity index (χ3v) is 6.43. The van der Waals surface area contributed by atoms with Gasteiger partial charge in [0.25, 0.3) is 5.91 Å². The van der Waals surface area contributed by atoms with Crippen molar-refractivity contribution < 1.29 is 23.7 Å². The zero-order valence-electron chi connectivity index (χ0n) is 24.0. The molecule has 7 heteroatoms. The summed E-state index contributed by atoms with van der Waals surface area (Å²) >= 11 is 0. The third kappa shape index (κ3) is 6.65. The highest BCUT2D eigenvalue weighted by Crippen LogP contribution is 2.32. The second kappa shape index (κ2) is 13.7. The zero-order valence-corrected chi connectivity index (χ0v) is 24.0. The largest absolute Gasteiger partial charge is 0.490 e. The average molecular weight is 543 g/mol. The maximum atomic E-state index is 13.8. The Bertz CT molecular complexity index is 1400. The number of amidine groups is 1. The molecule has 0 atom stereocenters. The maximum absolute atomic E-state index is 13.8. The van der Waals surface area contributed by atoms with Crippen LogP contribution >= 0.6 is 0 Å². The van der Waals surface area contributed by atoms with E-state index in [2.05, 4.69) is 0 Å². The minimum Gasteiger partial charge on any atom is -0.490 e. The lowest BCUT2D eigenvalue weighted by molar-refractivity contribution is -0.122. The van der Waals surface area contributed by atoms with Gasteiger partial charge in [0.1, 0.15) is 11.5 Å². The van der Waals surface area contributed by atoms with Crippen molar-refractivity contribution in [2.45, 2.75) is 41.0 Å². The van der Waals surface area contributed by atoms with Crippen LogP contribution in [0.4, 0.5) is 0 Å². The summed E-state index contributed by atoms with van der Waals surface area (Å²) in [7, 11) is 0. The average Bonchev–Trinajstić information content (AvgIpc) is 3.25. The van der Waals surface area contributed by atoms with Gasteiger partial charge in [-0.2, -0.15) is 0 Å². The second-order valence-electron chi connectivity index (χ2n) is 9.21.